The number of hydrogen-bond acceptors (Lipinski definition) is 6. The fourth-order valence-corrected chi connectivity index (χ4v) is 5.26. The maximum atomic E-state index is 14.8. The van der Waals surface area contributed by atoms with Crippen molar-refractivity contribution in [3.05, 3.63) is 53.6 Å². The number of aromatic nitrogens is 3. The first-order valence-electron chi connectivity index (χ1n) is 11.1. The van der Waals surface area contributed by atoms with Crippen LogP contribution in [0.1, 0.15) is 45.7 Å². The molecular weight excluding hydrogens is 461 g/mol. The fraction of sp³-hybridized carbons (Fsp3) is 0.348. The van der Waals surface area contributed by atoms with Gasteiger partial charge < -0.3 is 10.1 Å². The second-order valence-electron chi connectivity index (χ2n) is 8.46. The van der Waals surface area contributed by atoms with E-state index in [-0.39, 0.29) is 19.7 Å². The molecule has 9 nitrogen and oxygen atoms in total. The maximum Gasteiger partial charge on any atom is 0.333 e. The Morgan fingerprint density at radius 3 is 2.74 bits per heavy atom. The highest BCUT2D eigenvalue weighted by atomic mass is 32.2. The maximum absolute atomic E-state index is 14.8. The topological polar surface area (TPSA) is 115 Å². The van der Waals surface area contributed by atoms with E-state index in [9.17, 15) is 17.6 Å². The molecule has 0 saturated heterocycles. The van der Waals surface area contributed by atoms with E-state index >= 15 is 0 Å². The molecule has 2 amide bonds. The van der Waals surface area contributed by atoms with Crippen LogP contribution >= 0.6 is 0 Å². The Morgan fingerprint density at radius 1 is 1.21 bits per heavy atom. The Bertz CT molecular complexity index is 1380. The summed E-state index contributed by atoms with van der Waals surface area (Å²) in [6, 6.07) is 5.27. The number of benzene rings is 1. The van der Waals surface area contributed by atoms with Gasteiger partial charge in [0.2, 0.25) is 5.88 Å². The van der Waals surface area contributed by atoms with E-state index in [2.05, 4.69) is 15.4 Å². The first-order valence-corrected chi connectivity index (χ1v) is 12.6. The van der Waals surface area contributed by atoms with Gasteiger partial charge in [-0.15, -0.1) is 0 Å². The summed E-state index contributed by atoms with van der Waals surface area (Å²) in [6.07, 6.45) is 7.97. The molecule has 1 fully saturated rings. The normalized spacial score (nSPS) is 15.5. The number of ether oxygens (including phenoxy) is 1. The molecule has 2 aliphatic rings. The second-order valence-corrected chi connectivity index (χ2v) is 10.1. The number of nitrogens with one attached hydrogen (secondary N) is 2. The van der Waals surface area contributed by atoms with Gasteiger partial charge in [-0.2, -0.15) is 13.5 Å². The van der Waals surface area contributed by atoms with Crippen LogP contribution in [0.4, 0.5) is 14.9 Å². The molecule has 2 aliphatic carbocycles. The summed E-state index contributed by atoms with van der Waals surface area (Å²) in [5.74, 6) is -0.0307. The van der Waals surface area contributed by atoms with Crippen molar-refractivity contribution in [1.82, 2.24) is 19.5 Å². The third-order valence-electron chi connectivity index (χ3n) is 6.38. The van der Waals surface area contributed by atoms with Crippen LogP contribution in [-0.2, 0) is 22.9 Å². The van der Waals surface area contributed by atoms with E-state index in [0.717, 1.165) is 25.7 Å². The number of carbonyl (C=O) groups is 1. The van der Waals surface area contributed by atoms with E-state index in [1.165, 1.54) is 25.4 Å². The van der Waals surface area contributed by atoms with Gasteiger partial charge in [0, 0.05) is 26.9 Å². The number of carbonyl (C=O) groups excluding carboxylic acids is 1. The lowest BCUT2D eigenvalue weighted by atomic mass is 9.93. The molecule has 0 aliphatic heterocycles. The Labute approximate surface area is 199 Å². The molecule has 2 heterocycles. The average molecular weight is 490 g/mol. The van der Waals surface area contributed by atoms with Crippen molar-refractivity contribution in [2.45, 2.75) is 49.6 Å². The number of sulfonamides is 1. The van der Waals surface area contributed by atoms with Gasteiger partial charge in [0.05, 0.1) is 18.8 Å². The summed E-state index contributed by atoms with van der Waals surface area (Å²) in [7, 11) is -2.71. The summed E-state index contributed by atoms with van der Waals surface area (Å²) < 4.78 is 49.2. The summed E-state index contributed by atoms with van der Waals surface area (Å²) in [4.78, 5) is 16.9. The second kappa shape index (κ2) is 8.71. The molecule has 0 unspecified atom stereocenters. The van der Waals surface area contributed by atoms with Crippen molar-refractivity contribution in [1.29, 1.82) is 0 Å². The zero-order valence-electron chi connectivity index (χ0n) is 18.5. The number of fused-ring (bicyclic) bond motifs is 1. The molecule has 182 valence electrons. The largest absolute Gasteiger partial charge is 0.481 e. The Balaban J connectivity index is 0.00000180. The van der Waals surface area contributed by atoms with E-state index < -0.39 is 16.1 Å². The number of pyridine rings is 1. The molecule has 0 atom stereocenters. The number of methoxy groups -OCH3 is 1. The van der Waals surface area contributed by atoms with Crippen LogP contribution in [0.3, 0.4) is 0 Å². The number of urea groups is 1. The van der Waals surface area contributed by atoms with Crippen molar-refractivity contribution in [2.24, 2.45) is 0 Å². The van der Waals surface area contributed by atoms with Crippen LogP contribution in [0.5, 0.6) is 5.88 Å². The van der Waals surface area contributed by atoms with Crippen LogP contribution in [-0.4, -0.2) is 36.3 Å². The van der Waals surface area contributed by atoms with Crippen molar-refractivity contribution < 1.29 is 25.2 Å². The molecule has 3 aromatic rings. The molecule has 11 heteroatoms. The average Bonchev–Trinajstić information content (AvgIpc) is 3.45. The summed E-state index contributed by atoms with van der Waals surface area (Å²) >= 11 is 0. The number of anilines is 1. The number of nitrogens with zero attached hydrogens (tertiary/aromatic N) is 3. The third kappa shape index (κ3) is 4.11. The molecule has 1 aromatic carbocycles. The van der Waals surface area contributed by atoms with Gasteiger partial charge >= 0.3 is 6.03 Å². The highest BCUT2D eigenvalue weighted by molar-refractivity contribution is 7.90. The summed E-state index contributed by atoms with van der Waals surface area (Å²) in [6.45, 7) is 0. The lowest BCUT2D eigenvalue weighted by Gasteiger charge is -2.25. The molecule has 0 spiro atoms. The van der Waals surface area contributed by atoms with Gasteiger partial charge in [-0.1, -0.05) is 0 Å². The minimum atomic E-state index is -4.18. The van der Waals surface area contributed by atoms with E-state index in [1.54, 1.807) is 23.0 Å². The minimum Gasteiger partial charge on any atom is -0.481 e. The third-order valence-corrected chi connectivity index (χ3v) is 7.60. The van der Waals surface area contributed by atoms with Crippen molar-refractivity contribution in [3.8, 4) is 17.0 Å². The molecule has 2 aromatic heterocycles. The number of amides is 2. The van der Waals surface area contributed by atoms with E-state index in [4.69, 9.17) is 4.74 Å². The summed E-state index contributed by atoms with van der Waals surface area (Å²) in [5, 5.41) is 6.57. The van der Waals surface area contributed by atoms with Crippen molar-refractivity contribution in [3.63, 3.8) is 0 Å². The van der Waals surface area contributed by atoms with Gasteiger partial charge in [0.1, 0.15) is 5.82 Å². The predicted molar refractivity (Wildman–Crippen MR) is 127 cm³/mol. The first-order chi connectivity index (χ1) is 16.4. The van der Waals surface area contributed by atoms with Gasteiger partial charge in [0.15, 0.2) is 5.03 Å². The Kier molecular flexibility index (Phi) is 5.72. The molecular formula is C23H28FN5O4S. The van der Waals surface area contributed by atoms with Crippen LogP contribution < -0.4 is 14.8 Å². The van der Waals surface area contributed by atoms with Crippen LogP contribution in [0, 0.1) is 5.82 Å². The van der Waals surface area contributed by atoms with Gasteiger partial charge in [0.25, 0.3) is 10.0 Å². The van der Waals surface area contributed by atoms with Crippen molar-refractivity contribution >= 4 is 21.7 Å². The zero-order valence-corrected chi connectivity index (χ0v) is 19.4. The Morgan fingerprint density at radius 2 is 2.00 bits per heavy atom. The monoisotopic (exact) mass is 489 g/mol. The molecule has 0 radical (unpaired) electrons. The smallest absolute Gasteiger partial charge is 0.333 e. The lowest BCUT2D eigenvalue weighted by Crippen LogP contribution is -2.35. The van der Waals surface area contributed by atoms with Gasteiger partial charge in [-0.25, -0.2) is 18.9 Å². The molecule has 2 N–H and O–H groups in total. The highest BCUT2D eigenvalue weighted by Gasteiger charge is 2.28. The molecule has 5 rings (SSSR count). The predicted octanol–water partition coefficient (Wildman–Crippen LogP) is 4.31. The first kappa shape index (κ1) is 22.3. The molecule has 0 bridgehead atoms. The van der Waals surface area contributed by atoms with Crippen LogP contribution in [0.15, 0.2) is 41.7 Å². The zero-order chi connectivity index (χ0) is 23.9. The molecule has 34 heavy (non-hydrogen) atoms. The number of rotatable bonds is 6. The fourth-order valence-electron chi connectivity index (χ4n) is 4.42. The summed E-state index contributed by atoms with van der Waals surface area (Å²) in [5.41, 5.74) is 2.56. The standard InChI is InChI=1S/C23H24FN5O4S.2H2/c1-33-20-12-14(8-10-25-20)18-13-19(24)16-6-3-7-17(16)22(18)26-23(30)28-34(31,32)21-9-11-29(27-21)15-4-2-5-15;;/h8-13,15H,2-7H2,1H3,(H2,26,28,30);2*1H. The SMILES string of the molecule is COc1cc(-c2cc(F)c3c(c2NC(=O)NS(=O)(=O)c2ccn(C4CCC4)n2)CCC3)ccn1.[HH].[HH]. The highest BCUT2D eigenvalue weighted by Crippen LogP contribution is 2.39. The molecule has 1 saturated carbocycles. The number of hydrogen-bond donors (Lipinski definition) is 2. The van der Waals surface area contributed by atoms with Crippen molar-refractivity contribution in [2.75, 3.05) is 12.4 Å². The minimum absolute atomic E-state index is 0. The number of halogens is 1. The Hall–Kier alpha value is -3.47. The van der Waals surface area contributed by atoms with Gasteiger partial charge in [-0.05, 0) is 73.4 Å². The lowest BCUT2D eigenvalue weighted by molar-refractivity contribution is 0.256. The van der Waals surface area contributed by atoms with E-state index in [0.29, 0.717) is 46.7 Å². The van der Waals surface area contributed by atoms with Crippen LogP contribution in [0.2, 0.25) is 0 Å². The van der Waals surface area contributed by atoms with Crippen LogP contribution in [0.25, 0.3) is 11.1 Å². The quantitative estimate of drug-likeness (QED) is 0.533. The van der Waals surface area contributed by atoms with E-state index in [1.807, 2.05) is 4.72 Å². The van der Waals surface area contributed by atoms with Gasteiger partial charge in [-0.3, -0.25) is 4.68 Å².